The van der Waals surface area contributed by atoms with Gasteiger partial charge in [-0.2, -0.15) is 5.10 Å². The van der Waals surface area contributed by atoms with Gasteiger partial charge in [0, 0.05) is 20.2 Å². The van der Waals surface area contributed by atoms with Crippen molar-refractivity contribution in [1.29, 1.82) is 0 Å². The van der Waals surface area contributed by atoms with Crippen molar-refractivity contribution < 1.29 is 28.7 Å². The number of esters is 2. The molecule has 2 heterocycles. The highest BCUT2D eigenvalue weighted by Crippen LogP contribution is 2.33. The van der Waals surface area contributed by atoms with Crippen LogP contribution in [0.3, 0.4) is 0 Å². The number of carbonyl (C=O) groups is 4. The van der Waals surface area contributed by atoms with Gasteiger partial charge in [0.25, 0.3) is 17.4 Å². The first-order chi connectivity index (χ1) is 14.2. The average Bonchev–Trinajstić information content (AvgIpc) is 3.03. The molecule has 0 unspecified atom stereocenters. The summed E-state index contributed by atoms with van der Waals surface area (Å²) in [6, 6.07) is 2.32. The number of rotatable bonds is 7. The summed E-state index contributed by atoms with van der Waals surface area (Å²) in [6.07, 6.45) is 0. The number of amides is 2. The molecule has 2 N–H and O–H groups in total. The van der Waals surface area contributed by atoms with Crippen molar-refractivity contribution in [2.75, 3.05) is 25.6 Å². The largest absolute Gasteiger partial charge is 0.462 e. The van der Waals surface area contributed by atoms with Crippen LogP contribution in [0.1, 0.15) is 43.0 Å². The molecule has 2 amide bonds. The van der Waals surface area contributed by atoms with Crippen molar-refractivity contribution in [3.05, 3.63) is 44.2 Å². The molecule has 30 heavy (non-hydrogen) atoms. The molecule has 12 heteroatoms. The summed E-state index contributed by atoms with van der Waals surface area (Å²) < 4.78 is 10.8. The molecule has 0 fully saturated rings. The van der Waals surface area contributed by atoms with Gasteiger partial charge in [0.2, 0.25) is 0 Å². The first-order valence-corrected chi connectivity index (χ1v) is 9.55. The van der Waals surface area contributed by atoms with Gasteiger partial charge in [0.05, 0.1) is 17.0 Å². The van der Waals surface area contributed by atoms with Crippen LogP contribution < -0.4 is 16.2 Å². The Hall–Kier alpha value is -3.54. The standard InChI is InChI=1S/C18H20N4O7S/c1-5-28-18(27)13-9(2)14(15(25)19-3)30-16(13)20-11(23)8-29-17(26)10-6-7-12(24)22(4)21-10/h6-7H,5,8H2,1-4H3,(H,19,25)(H,20,23). The predicted octanol–water partition coefficient (Wildman–Crippen LogP) is 0.482. The molecular weight excluding hydrogens is 416 g/mol. The van der Waals surface area contributed by atoms with Gasteiger partial charge in [-0.25, -0.2) is 14.3 Å². The molecule has 0 radical (unpaired) electrons. The summed E-state index contributed by atoms with van der Waals surface area (Å²) in [4.78, 5) is 60.1. The van der Waals surface area contributed by atoms with Crippen molar-refractivity contribution in [3.63, 3.8) is 0 Å². The lowest BCUT2D eigenvalue weighted by Gasteiger charge is -2.08. The monoisotopic (exact) mass is 436 g/mol. The Bertz CT molecular complexity index is 1060. The molecule has 2 rings (SSSR count). The van der Waals surface area contributed by atoms with Crippen LogP contribution in [0.2, 0.25) is 0 Å². The van der Waals surface area contributed by atoms with Crippen LogP contribution in [0.15, 0.2) is 16.9 Å². The molecule has 0 bridgehead atoms. The van der Waals surface area contributed by atoms with Gasteiger partial charge < -0.3 is 20.1 Å². The first kappa shape index (κ1) is 22.7. The van der Waals surface area contributed by atoms with Crippen molar-refractivity contribution in [2.24, 2.45) is 7.05 Å². The Balaban J connectivity index is 2.15. The summed E-state index contributed by atoms with van der Waals surface area (Å²) in [7, 11) is 2.81. The fraction of sp³-hybridized carbons (Fsp3) is 0.333. The van der Waals surface area contributed by atoms with Crippen LogP contribution in [0.25, 0.3) is 0 Å². The van der Waals surface area contributed by atoms with Crippen LogP contribution >= 0.6 is 11.3 Å². The van der Waals surface area contributed by atoms with Gasteiger partial charge in [-0.1, -0.05) is 0 Å². The summed E-state index contributed by atoms with van der Waals surface area (Å²) in [5.74, 6) is -2.75. The molecule has 0 atom stereocenters. The summed E-state index contributed by atoms with van der Waals surface area (Å²) in [5.41, 5.74) is -0.138. The number of carbonyl (C=O) groups excluding carboxylic acids is 4. The fourth-order valence-corrected chi connectivity index (χ4v) is 3.52. The van der Waals surface area contributed by atoms with E-state index in [4.69, 9.17) is 9.47 Å². The Morgan fingerprint density at radius 3 is 2.47 bits per heavy atom. The van der Waals surface area contributed by atoms with E-state index in [1.54, 1.807) is 13.8 Å². The van der Waals surface area contributed by atoms with E-state index in [9.17, 15) is 24.0 Å². The molecule has 2 aromatic rings. The smallest absolute Gasteiger partial charge is 0.359 e. The number of nitrogens with zero attached hydrogens (tertiary/aromatic N) is 2. The van der Waals surface area contributed by atoms with Crippen LogP contribution in [-0.4, -0.2) is 53.8 Å². The molecule has 0 spiro atoms. The summed E-state index contributed by atoms with van der Waals surface area (Å²) >= 11 is 0.900. The minimum absolute atomic E-state index is 0.0554. The molecule has 11 nitrogen and oxygen atoms in total. The van der Waals surface area contributed by atoms with Crippen molar-refractivity contribution in [1.82, 2.24) is 15.1 Å². The summed E-state index contributed by atoms with van der Waals surface area (Å²) in [6.45, 7) is 2.64. The lowest BCUT2D eigenvalue weighted by molar-refractivity contribution is -0.119. The maximum atomic E-state index is 12.3. The Labute approximate surface area is 175 Å². The molecule has 2 aromatic heterocycles. The second-order valence-electron chi connectivity index (χ2n) is 5.86. The number of ether oxygens (including phenoxy) is 2. The lowest BCUT2D eigenvalue weighted by Crippen LogP contribution is -2.25. The number of aryl methyl sites for hydroxylation is 1. The third kappa shape index (κ3) is 5.08. The lowest BCUT2D eigenvalue weighted by atomic mass is 10.1. The highest BCUT2D eigenvalue weighted by atomic mass is 32.1. The van der Waals surface area contributed by atoms with Crippen LogP contribution in [0, 0.1) is 6.92 Å². The molecule has 0 saturated carbocycles. The van der Waals surface area contributed by atoms with Gasteiger partial charge in [-0.3, -0.25) is 14.4 Å². The summed E-state index contributed by atoms with van der Waals surface area (Å²) in [5, 5.41) is 8.76. The van der Waals surface area contributed by atoms with E-state index < -0.39 is 35.9 Å². The van der Waals surface area contributed by atoms with Gasteiger partial charge in [0.15, 0.2) is 12.3 Å². The van der Waals surface area contributed by atoms with Gasteiger partial charge in [-0.05, 0) is 25.5 Å². The average molecular weight is 436 g/mol. The number of nitrogens with one attached hydrogen (secondary N) is 2. The highest BCUT2D eigenvalue weighted by molar-refractivity contribution is 7.18. The van der Waals surface area contributed by atoms with Gasteiger partial charge >= 0.3 is 11.9 Å². The topological polar surface area (TPSA) is 146 Å². The Morgan fingerprint density at radius 1 is 1.17 bits per heavy atom. The quantitative estimate of drug-likeness (QED) is 0.596. The number of hydrogen-bond donors (Lipinski definition) is 2. The fourth-order valence-electron chi connectivity index (χ4n) is 2.36. The Kier molecular flexibility index (Phi) is 7.42. The number of anilines is 1. The second-order valence-corrected chi connectivity index (χ2v) is 6.89. The third-order valence-electron chi connectivity index (χ3n) is 3.82. The highest BCUT2D eigenvalue weighted by Gasteiger charge is 2.26. The van der Waals surface area contributed by atoms with E-state index in [0.29, 0.717) is 5.56 Å². The van der Waals surface area contributed by atoms with Crippen molar-refractivity contribution in [2.45, 2.75) is 13.8 Å². The van der Waals surface area contributed by atoms with Crippen molar-refractivity contribution in [3.8, 4) is 0 Å². The molecule has 0 aliphatic rings. The normalized spacial score (nSPS) is 10.3. The number of hydrogen-bond acceptors (Lipinski definition) is 9. The predicted molar refractivity (Wildman–Crippen MR) is 107 cm³/mol. The minimum atomic E-state index is -0.903. The van der Waals surface area contributed by atoms with E-state index in [0.717, 1.165) is 22.1 Å². The van der Waals surface area contributed by atoms with Crippen LogP contribution in [0.4, 0.5) is 5.00 Å². The van der Waals surface area contributed by atoms with E-state index in [1.165, 1.54) is 20.2 Å². The number of aromatic nitrogens is 2. The van der Waals surface area contributed by atoms with E-state index in [1.807, 2.05) is 0 Å². The van der Waals surface area contributed by atoms with Crippen LogP contribution in [0.5, 0.6) is 0 Å². The van der Waals surface area contributed by atoms with Crippen LogP contribution in [-0.2, 0) is 21.3 Å². The maximum absolute atomic E-state index is 12.3. The number of thiophene rings is 1. The molecule has 0 aromatic carbocycles. The van der Waals surface area contributed by atoms with Gasteiger partial charge in [0.1, 0.15) is 5.00 Å². The van der Waals surface area contributed by atoms with E-state index in [-0.39, 0.29) is 27.7 Å². The van der Waals surface area contributed by atoms with E-state index in [2.05, 4.69) is 15.7 Å². The maximum Gasteiger partial charge on any atom is 0.359 e. The third-order valence-corrected chi connectivity index (χ3v) is 5.02. The molecule has 160 valence electrons. The first-order valence-electron chi connectivity index (χ1n) is 8.73. The second kappa shape index (κ2) is 9.78. The zero-order valence-electron chi connectivity index (χ0n) is 16.7. The SMILES string of the molecule is CCOC(=O)c1c(NC(=O)COC(=O)c2ccc(=O)n(C)n2)sc(C(=O)NC)c1C. The molecule has 0 aliphatic heterocycles. The van der Waals surface area contributed by atoms with Gasteiger partial charge in [-0.15, -0.1) is 11.3 Å². The minimum Gasteiger partial charge on any atom is -0.462 e. The molecule has 0 saturated heterocycles. The zero-order valence-corrected chi connectivity index (χ0v) is 17.5. The molecule has 0 aliphatic carbocycles. The van der Waals surface area contributed by atoms with E-state index >= 15 is 0 Å². The molecular formula is C18H20N4O7S. The van der Waals surface area contributed by atoms with Crippen molar-refractivity contribution >= 4 is 40.1 Å². The Morgan fingerprint density at radius 2 is 1.87 bits per heavy atom. The zero-order chi connectivity index (χ0) is 22.4.